The van der Waals surface area contributed by atoms with Gasteiger partial charge in [0.15, 0.2) is 0 Å². The highest BCUT2D eigenvalue weighted by molar-refractivity contribution is 8.16. The Bertz CT molecular complexity index is 852. The van der Waals surface area contributed by atoms with E-state index in [1.807, 2.05) is 0 Å². The molecule has 0 fully saturated rings. The van der Waals surface area contributed by atoms with E-state index < -0.39 is 16.1 Å². The minimum Gasteiger partial charge on any atom is -0.414 e. The molecule has 2 heterocycles. The predicted octanol–water partition coefficient (Wildman–Crippen LogP) is 1.37. The van der Waals surface area contributed by atoms with Crippen LogP contribution >= 0.6 is 0 Å². The van der Waals surface area contributed by atoms with E-state index >= 15 is 0 Å². The first kappa shape index (κ1) is 13.9. The molecule has 0 saturated carbocycles. The number of benzene rings is 2. The van der Waals surface area contributed by atoms with Crippen LogP contribution in [0.1, 0.15) is 0 Å². The van der Waals surface area contributed by atoms with Crippen molar-refractivity contribution in [2.75, 3.05) is 0 Å². The third-order valence-corrected chi connectivity index (χ3v) is 4.72. The molecule has 7 heteroatoms. The van der Waals surface area contributed by atoms with Crippen LogP contribution in [0.3, 0.4) is 0 Å². The molecule has 0 aromatic heterocycles. The smallest absolute Gasteiger partial charge is 0.414 e. The lowest BCUT2D eigenvalue weighted by atomic mass is 10.2. The first-order valence-electron chi connectivity index (χ1n) is 6.27. The summed E-state index contributed by atoms with van der Waals surface area (Å²) in [5, 5.41) is 18.4. The summed E-state index contributed by atoms with van der Waals surface area (Å²) in [6.45, 7) is 0. The number of hydrogen-bond acceptors (Lipinski definition) is 4. The maximum atomic E-state index is 11.0. The molecule has 2 aliphatic rings. The molecular weight excluding hydrogens is 289 g/mol. The molecule has 0 saturated heterocycles. The van der Waals surface area contributed by atoms with Crippen LogP contribution in [0.2, 0.25) is 0 Å². The fourth-order valence-electron chi connectivity index (χ4n) is 2.07. The van der Waals surface area contributed by atoms with Crippen molar-refractivity contribution in [3.05, 3.63) is 60.8 Å². The Morgan fingerprint density at radius 2 is 1.52 bits per heavy atom. The van der Waals surface area contributed by atoms with Crippen molar-refractivity contribution in [1.29, 1.82) is 0 Å². The highest BCUT2D eigenvalue weighted by Crippen LogP contribution is 2.37. The van der Waals surface area contributed by atoms with E-state index in [2.05, 4.69) is 35.0 Å². The van der Waals surface area contributed by atoms with Gasteiger partial charge >= 0.3 is 6.40 Å². The Kier molecular flexibility index (Phi) is 3.33. The van der Waals surface area contributed by atoms with E-state index in [9.17, 15) is 8.42 Å². The summed E-state index contributed by atoms with van der Waals surface area (Å²) in [4.78, 5) is -0.0972. The van der Waals surface area contributed by atoms with E-state index in [4.69, 9.17) is 10.0 Å². The molecule has 2 N–H and O–H groups in total. The van der Waals surface area contributed by atoms with Crippen LogP contribution in [-0.2, 0) is 9.69 Å². The molecule has 21 heavy (non-hydrogen) atoms. The van der Waals surface area contributed by atoms with Gasteiger partial charge in [-0.25, -0.2) is 8.42 Å². The molecule has 0 bridgehead atoms. The Morgan fingerprint density at radius 1 is 0.905 bits per heavy atom. The zero-order chi connectivity index (χ0) is 15.0. The summed E-state index contributed by atoms with van der Waals surface area (Å²) < 4.78 is 24.3. The lowest BCUT2D eigenvalue weighted by Gasteiger charge is -2.02. The second-order valence-corrected chi connectivity index (χ2v) is 6.57. The molecule has 2 aliphatic heterocycles. The van der Waals surface area contributed by atoms with Gasteiger partial charge in [0.1, 0.15) is 0 Å². The summed E-state index contributed by atoms with van der Waals surface area (Å²) in [6.07, 6.45) is -0.190. The van der Waals surface area contributed by atoms with Crippen molar-refractivity contribution in [3.8, 4) is 5.69 Å². The quantitative estimate of drug-likeness (QED) is 0.548. The third-order valence-electron chi connectivity index (χ3n) is 3.23. The zero-order valence-corrected chi connectivity index (χ0v) is 11.7. The monoisotopic (exact) mass is 301 g/mol. The van der Waals surface area contributed by atoms with Gasteiger partial charge in [0.25, 0.3) is 0 Å². The summed E-state index contributed by atoms with van der Waals surface area (Å²) in [7, 11) is -3.97. The Hall–Kier alpha value is -2.09. The van der Waals surface area contributed by atoms with Gasteiger partial charge < -0.3 is 14.6 Å². The van der Waals surface area contributed by atoms with Crippen molar-refractivity contribution >= 4 is 27.0 Å². The minimum absolute atomic E-state index is 0.0972. The van der Waals surface area contributed by atoms with E-state index in [0.29, 0.717) is 0 Å². The SMILES string of the molecule is O=S(=O)(B(O)O)c1ccccc1.c1ccc2c(c1)c1cn2-1. The summed E-state index contributed by atoms with van der Waals surface area (Å²) >= 11 is 0. The van der Waals surface area contributed by atoms with Gasteiger partial charge in [0.05, 0.1) is 16.1 Å². The van der Waals surface area contributed by atoms with Gasteiger partial charge in [0.2, 0.25) is 9.69 Å². The van der Waals surface area contributed by atoms with Gasteiger partial charge in [-0.05, 0) is 18.2 Å². The topological polar surface area (TPSA) is 79.5 Å². The molecule has 0 spiro atoms. The third kappa shape index (κ3) is 2.46. The molecule has 0 amide bonds. The summed E-state index contributed by atoms with van der Waals surface area (Å²) in [6, 6.07) is 15.7. The average Bonchev–Trinajstić information content (AvgIpc) is 3.21. The predicted molar refractivity (Wildman–Crippen MR) is 80.7 cm³/mol. The standard InChI is InChI=1S/C8H5N.C6H7BO4S/c1-2-4-7-6(3-1)8-5-9(7)8;8-7(9)12(10,11)6-4-2-1-3-5-6/h1-5H;1-5,8-9H. The average molecular weight is 301 g/mol. The van der Waals surface area contributed by atoms with Crippen molar-refractivity contribution in [2.24, 2.45) is 0 Å². The maximum absolute atomic E-state index is 11.0. The molecule has 0 atom stereocenters. The van der Waals surface area contributed by atoms with Crippen LogP contribution in [0.5, 0.6) is 0 Å². The summed E-state index contributed by atoms with van der Waals surface area (Å²) in [5.74, 6) is 0. The van der Waals surface area contributed by atoms with Gasteiger partial charge in [-0.1, -0.05) is 36.4 Å². The maximum Gasteiger partial charge on any atom is 0.599 e. The van der Waals surface area contributed by atoms with Gasteiger partial charge in [-0.3, -0.25) is 0 Å². The van der Waals surface area contributed by atoms with E-state index in [0.717, 1.165) is 0 Å². The number of rotatable bonds is 2. The molecule has 2 aromatic carbocycles. The lowest BCUT2D eigenvalue weighted by Crippen LogP contribution is -2.25. The van der Waals surface area contributed by atoms with Crippen molar-refractivity contribution in [1.82, 2.24) is 4.57 Å². The first-order chi connectivity index (χ1) is 10.0. The number of fused-ring (bicyclic) bond motifs is 4. The van der Waals surface area contributed by atoms with Crippen LogP contribution in [0.25, 0.3) is 16.6 Å². The van der Waals surface area contributed by atoms with Crippen LogP contribution in [-0.4, -0.2) is 29.4 Å². The van der Waals surface area contributed by atoms with Crippen molar-refractivity contribution < 1.29 is 18.5 Å². The molecule has 0 radical (unpaired) electrons. The van der Waals surface area contributed by atoms with E-state index in [-0.39, 0.29) is 4.90 Å². The van der Waals surface area contributed by atoms with Gasteiger partial charge in [0, 0.05) is 11.6 Å². The normalized spacial score (nSPS) is 11.7. The largest absolute Gasteiger partial charge is 0.599 e. The highest BCUT2D eigenvalue weighted by atomic mass is 32.2. The van der Waals surface area contributed by atoms with Crippen LogP contribution < -0.4 is 0 Å². The first-order valence-corrected chi connectivity index (χ1v) is 7.82. The second kappa shape index (κ2) is 5.03. The highest BCUT2D eigenvalue weighted by Gasteiger charge is 2.30. The molecule has 2 aromatic rings. The molecule has 0 unspecified atom stereocenters. The van der Waals surface area contributed by atoms with E-state index in [1.165, 1.54) is 40.9 Å². The van der Waals surface area contributed by atoms with Crippen LogP contribution in [0.4, 0.5) is 0 Å². The lowest BCUT2D eigenvalue weighted by molar-refractivity contribution is 0.428. The molecule has 106 valence electrons. The Labute approximate surface area is 122 Å². The fraction of sp³-hybridized carbons (Fsp3) is 0. The zero-order valence-electron chi connectivity index (χ0n) is 10.9. The minimum atomic E-state index is -3.97. The van der Waals surface area contributed by atoms with E-state index in [1.54, 1.807) is 6.07 Å². The van der Waals surface area contributed by atoms with Crippen molar-refractivity contribution in [3.63, 3.8) is 0 Å². The number of para-hydroxylation sites is 1. The van der Waals surface area contributed by atoms with Gasteiger partial charge in [-0.15, -0.1) is 0 Å². The molecule has 0 aliphatic carbocycles. The molecular formula is C14H12BNO4S. The molecule has 5 nitrogen and oxygen atoms in total. The summed E-state index contributed by atoms with van der Waals surface area (Å²) in [5.41, 5.74) is 2.78. The van der Waals surface area contributed by atoms with Crippen LogP contribution in [0.15, 0.2) is 65.7 Å². The Balaban J connectivity index is 0.000000129. The van der Waals surface area contributed by atoms with Crippen LogP contribution in [0, 0.1) is 0 Å². The second-order valence-electron chi connectivity index (χ2n) is 4.59. The van der Waals surface area contributed by atoms with Crippen molar-refractivity contribution in [2.45, 2.75) is 4.90 Å². The number of aromatic nitrogens is 1. The number of nitrogens with zero attached hydrogens (tertiary/aromatic N) is 1. The fourth-order valence-corrected chi connectivity index (χ4v) is 2.85. The Morgan fingerprint density at radius 3 is 2.14 bits per heavy atom. The van der Waals surface area contributed by atoms with Gasteiger partial charge in [-0.2, -0.15) is 0 Å². The number of hydrogen-bond donors (Lipinski definition) is 2. The molecule has 4 rings (SSSR count).